The lowest BCUT2D eigenvalue weighted by molar-refractivity contribution is 0.530. The average Bonchev–Trinajstić information content (AvgIpc) is 2.96. The van der Waals surface area contributed by atoms with Crippen molar-refractivity contribution in [1.29, 1.82) is 0 Å². The van der Waals surface area contributed by atoms with Crippen LogP contribution in [0, 0.1) is 0 Å². The van der Waals surface area contributed by atoms with E-state index in [-0.39, 0.29) is 0 Å². The quantitative estimate of drug-likeness (QED) is 0.537. The van der Waals surface area contributed by atoms with E-state index in [1.54, 1.807) is 24.7 Å². The third-order valence-corrected chi connectivity index (χ3v) is 3.66. The average molecular weight is 304 g/mol. The molecule has 3 aromatic rings. The molecule has 100 valence electrons. The summed E-state index contributed by atoms with van der Waals surface area (Å²) in [5.41, 5.74) is 0.953. The van der Waals surface area contributed by atoms with Crippen LogP contribution in [0.2, 0.25) is 5.02 Å². The van der Waals surface area contributed by atoms with Crippen molar-refractivity contribution in [2.45, 2.75) is 10.9 Å². The lowest BCUT2D eigenvalue weighted by Crippen LogP contribution is -1.85. The van der Waals surface area contributed by atoms with Crippen LogP contribution in [0.4, 0.5) is 0 Å². The van der Waals surface area contributed by atoms with E-state index < -0.39 is 0 Å². The molecule has 0 saturated heterocycles. The van der Waals surface area contributed by atoms with Crippen molar-refractivity contribution in [2.75, 3.05) is 0 Å². The first-order chi connectivity index (χ1) is 9.81. The number of benzene rings is 1. The van der Waals surface area contributed by atoms with Gasteiger partial charge >= 0.3 is 0 Å². The molecular weight excluding hydrogens is 294 g/mol. The Labute approximate surface area is 125 Å². The molecule has 0 spiro atoms. The standard InChI is InChI=1S/C14H10ClN3OS/c15-11-4-2-10(3-5-11)12-8-18-13(19-12)9-20-14-16-6-1-7-17-14/h1-8H,9H2. The zero-order chi connectivity index (χ0) is 13.8. The fraction of sp³-hybridized carbons (Fsp3) is 0.0714. The Morgan fingerprint density at radius 3 is 2.55 bits per heavy atom. The molecule has 0 unspecified atom stereocenters. The van der Waals surface area contributed by atoms with Crippen molar-refractivity contribution in [3.05, 3.63) is 59.8 Å². The van der Waals surface area contributed by atoms with Crippen molar-refractivity contribution in [2.24, 2.45) is 0 Å². The molecule has 0 aliphatic carbocycles. The molecule has 3 rings (SSSR count). The molecule has 0 aliphatic rings. The molecule has 0 N–H and O–H groups in total. The zero-order valence-electron chi connectivity index (χ0n) is 10.4. The lowest BCUT2D eigenvalue weighted by atomic mass is 10.2. The van der Waals surface area contributed by atoms with Crippen LogP contribution in [0.3, 0.4) is 0 Å². The van der Waals surface area contributed by atoms with Crippen LogP contribution in [-0.2, 0) is 5.75 Å². The van der Waals surface area contributed by atoms with Gasteiger partial charge in [0.15, 0.2) is 10.9 Å². The molecule has 4 nitrogen and oxygen atoms in total. The fourth-order valence-electron chi connectivity index (χ4n) is 1.61. The van der Waals surface area contributed by atoms with E-state index in [9.17, 15) is 0 Å². The van der Waals surface area contributed by atoms with E-state index >= 15 is 0 Å². The van der Waals surface area contributed by atoms with Crippen LogP contribution in [0.25, 0.3) is 11.3 Å². The van der Waals surface area contributed by atoms with Gasteiger partial charge in [-0.05, 0) is 30.3 Å². The summed E-state index contributed by atoms with van der Waals surface area (Å²) in [7, 11) is 0. The molecule has 1 aromatic carbocycles. The smallest absolute Gasteiger partial charge is 0.205 e. The molecule has 2 aromatic heterocycles. The third kappa shape index (κ3) is 3.18. The second-order valence-electron chi connectivity index (χ2n) is 3.95. The number of hydrogen-bond acceptors (Lipinski definition) is 5. The molecule has 20 heavy (non-hydrogen) atoms. The van der Waals surface area contributed by atoms with Crippen LogP contribution < -0.4 is 0 Å². The van der Waals surface area contributed by atoms with Crippen LogP contribution in [0.1, 0.15) is 5.89 Å². The zero-order valence-corrected chi connectivity index (χ0v) is 11.9. The van der Waals surface area contributed by atoms with Gasteiger partial charge in [-0.15, -0.1) is 0 Å². The normalized spacial score (nSPS) is 10.7. The summed E-state index contributed by atoms with van der Waals surface area (Å²) < 4.78 is 5.70. The first kappa shape index (κ1) is 13.1. The number of hydrogen-bond donors (Lipinski definition) is 0. The molecule has 0 atom stereocenters. The van der Waals surface area contributed by atoms with E-state index in [1.807, 2.05) is 24.3 Å². The monoisotopic (exact) mass is 303 g/mol. The highest BCUT2D eigenvalue weighted by atomic mass is 35.5. The summed E-state index contributed by atoms with van der Waals surface area (Å²) >= 11 is 7.34. The maximum atomic E-state index is 5.86. The SMILES string of the molecule is Clc1ccc(-c2cnc(CSc3ncccn3)o2)cc1. The molecule has 0 radical (unpaired) electrons. The van der Waals surface area contributed by atoms with E-state index in [2.05, 4.69) is 15.0 Å². The first-order valence-electron chi connectivity index (χ1n) is 5.92. The summed E-state index contributed by atoms with van der Waals surface area (Å²) in [6, 6.07) is 9.24. The van der Waals surface area contributed by atoms with Gasteiger partial charge in [-0.25, -0.2) is 15.0 Å². The molecule has 0 fully saturated rings. The Morgan fingerprint density at radius 1 is 1.05 bits per heavy atom. The van der Waals surface area contributed by atoms with Gasteiger partial charge in [0.25, 0.3) is 0 Å². The molecule has 0 saturated carbocycles. The highest BCUT2D eigenvalue weighted by Gasteiger charge is 2.07. The van der Waals surface area contributed by atoms with Gasteiger partial charge in [0.2, 0.25) is 5.89 Å². The number of thioether (sulfide) groups is 1. The topological polar surface area (TPSA) is 51.8 Å². The van der Waals surface area contributed by atoms with Crippen molar-refractivity contribution in [3.63, 3.8) is 0 Å². The Bertz CT molecular complexity index is 685. The number of aromatic nitrogens is 3. The summed E-state index contributed by atoms with van der Waals surface area (Å²) in [6.45, 7) is 0. The Morgan fingerprint density at radius 2 is 1.80 bits per heavy atom. The minimum atomic E-state index is 0.595. The van der Waals surface area contributed by atoms with Gasteiger partial charge < -0.3 is 4.42 Å². The first-order valence-corrected chi connectivity index (χ1v) is 7.28. The second-order valence-corrected chi connectivity index (χ2v) is 5.32. The van der Waals surface area contributed by atoms with Crippen molar-refractivity contribution >= 4 is 23.4 Å². The largest absolute Gasteiger partial charge is 0.440 e. The molecular formula is C14H10ClN3OS. The molecule has 0 aliphatic heterocycles. The van der Waals surface area contributed by atoms with Crippen LogP contribution in [0.5, 0.6) is 0 Å². The molecule has 0 amide bonds. The van der Waals surface area contributed by atoms with Crippen molar-refractivity contribution in [1.82, 2.24) is 15.0 Å². The van der Waals surface area contributed by atoms with Crippen LogP contribution >= 0.6 is 23.4 Å². The second kappa shape index (κ2) is 6.07. The summed E-state index contributed by atoms with van der Waals surface area (Å²) in [6.07, 6.45) is 5.14. The number of nitrogens with zero attached hydrogens (tertiary/aromatic N) is 3. The summed E-state index contributed by atoms with van der Waals surface area (Å²) in [5, 5.41) is 1.41. The van der Waals surface area contributed by atoms with Gasteiger partial charge in [-0.1, -0.05) is 23.4 Å². The Kier molecular flexibility index (Phi) is 3.99. The minimum Gasteiger partial charge on any atom is -0.440 e. The number of oxazole rings is 1. The van der Waals surface area contributed by atoms with E-state index in [0.717, 1.165) is 11.3 Å². The summed E-state index contributed by atoms with van der Waals surface area (Å²) in [4.78, 5) is 12.5. The Hall–Kier alpha value is -1.85. The molecule has 2 heterocycles. The lowest BCUT2D eigenvalue weighted by Gasteiger charge is -1.97. The van der Waals surface area contributed by atoms with Crippen LogP contribution in [0.15, 0.2) is 58.5 Å². The van der Waals surface area contributed by atoms with Gasteiger partial charge in [0.05, 0.1) is 11.9 Å². The predicted octanol–water partition coefficient (Wildman–Crippen LogP) is 4.08. The van der Waals surface area contributed by atoms with E-state index in [0.29, 0.717) is 21.8 Å². The van der Waals surface area contributed by atoms with E-state index in [4.69, 9.17) is 16.0 Å². The van der Waals surface area contributed by atoms with Gasteiger partial charge in [-0.2, -0.15) is 0 Å². The van der Waals surface area contributed by atoms with Crippen molar-refractivity contribution in [3.8, 4) is 11.3 Å². The highest BCUT2D eigenvalue weighted by molar-refractivity contribution is 7.98. The maximum Gasteiger partial charge on any atom is 0.205 e. The van der Waals surface area contributed by atoms with Crippen LogP contribution in [-0.4, -0.2) is 15.0 Å². The number of rotatable bonds is 4. The third-order valence-electron chi connectivity index (χ3n) is 2.55. The maximum absolute atomic E-state index is 5.86. The predicted molar refractivity (Wildman–Crippen MR) is 78.5 cm³/mol. The van der Waals surface area contributed by atoms with Gasteiger partial charge in [0.1, 0.15) is 0 Å². The highest BCUT2D eigenvalue weighted by Crippen LogP contribution is 2.25. The Balaban J connectivity index is 1.69. The fourth-order valence-corrected chi connectivity index (χ4v) is 2.39. The van der Waals surface area contributed by atoms with Gasteiger partial charge in [-0.3, -0.25) is 0 Å². The van der Waals surface area contributed by atoms with E-state index in [1.165, 1.54) is 11.8 Å². The molecule has 6 heteroatoms. The molecule has 0 bridgehead atoms. The minimum absolute atomic E-state index is 0.595. The van der Waals surface area contributed by atoms with Gasteiger partial charge in [0, 0.05) is 23.0 Å². The number of halogens is 1. The summed E-state index contributed by atoms with van der Waals surface area (Å²) in [5.74, 6) is 1.97. The van der Waals surface area contributed by atoms with Crippen molar-refractivity contribution < 1.29 is 4.42 Å².